The van der Waals surface area contributed by atoms with Crippen molar-refractivity contribution >= 4 is 28.9 Å². The highest BCUT2D eigenvalue weighted by atomic mass is 35.5. The van der Waals surface area contributed by atoms with Gasteiger partial charge in [0.05, 0.1) is 11.4 Å². The van der Waals surface area contributed by atoms with Crippen LogP contribution in [0.4, 0.5) is 5.69 Å². The summed E-state index contributed by atoms with van der Waals surface area (Å²) in [5.74, 6) is -0.0106. The van der Waals surface area contributed by atoms with Gasteiger partial charge in [-0.15, -0.1) is 0 Å². The lowest BCUT2D eigenvalue weighted by Gasteiger charge is -2.32. The van der Waals surface area contributed by atoms with Crippen molar-refractivity contribution in [3.05, 3.63) is 64.2 Å². The fraction of sp³-hybridized carbons (Fsp3) is 0.391. The minimum Gasteiger partial charge on any atom is -0.348 e. The van der Waals surface area contributed by atoms with E-state index in [0.29, 0.717) is 5.56 Å². The molecule has 1 saturated heterocycles. The maximum Gasteiger partial charge on any atom is 0.251 e. The van der Waals surface area contributed by atoms with Crippen LogP contribution < -0.4 is 5.32 Å². The standard InChI is InChI=1S/C23H26ClN3O/c1-23(2)13-17-12-18(24)7-8-20(17)26-21(23)15-5-4-6-16(11-15)22(28)25-19-9-10-27(3)14-19/h4-8,11-12,19H,9-10,13-14H2,1-3H3,(H,25,28). The molecule has 4 rings (SSSR count). The SMILES string of the molecule is CN1CCC(NC(=O)c2cccc(C3=Nc4ccc(Cl)cc4CC3(C)C)c2)C1. The lowest BCUT2D eigenvalue weighted by molar-refractivity contribution is 0.0938. The van der Waals surface area contributed by atoms with Gasteiger partial charge in [0.15, 0.2) is 0 Å². The average molecular weight is 396 g/mol. The van der Waals surface area contributed by atoms with E-state index in [9.17, 15) is 4.79 Å². The minimum atomic E-state index is -0.138. The van der Waals surface area contributed by atoms with Gasteiger partial charge >= 0.3 is 0 Å². The molecule has 2 aliphatic rings. The quantitative estimate of drug-likeness (QED) is 0.832. The summed E-state index contributed by atoms with van der Waals surface area (Å²) in [4.78, 5) is 19.9. The molecule has 0 radical (unpaired) electrons. The predicted molar refractivity (Wildman–Crippen MR) is 115 cm³/mol. The van der Waals surface area contributed by atoms with Crippen LogP contribution in [0.2, 0.25) is 5.02 Å². The van der Waals surface area contributed by atoms with Gasteiger partial charge in [-0.05, 0) is 67.9 Å². The maximum absolute atomic E-state index is 12.8. The lowest BCUT2D eigenvalue weighted by Crippen LogP contribution is -2.36. The molecule has 146 valence electrons. The third-order valence-electron chi connectivity index (χ3n) is 5.67. The smallest absolute Gasteiger partial charge is 0.251 e. The second kappa shape index (κ2) is 7.34. The molecule has 1 unspecified atom stereocenters. The Morgan fingerprint density at radius 1 is 1.25 bits per heavy atom. The van der Waals surface area contributed by atoms with Crippen LogP contribution in [0.25, 0.3) is 0 Å². The molecule has 28 heavy (non-hydrogen) atoms. The number of fused-ring (bicyclic) bond motifs is 1. The molecule has 2 aliphatic heterocycles. The molecule has 1 N–H and O–H groups in total. The van der Waals surface area contributed by atoms with Gasteiger partial charge < -0.3 is 10.2 Å². The van der Waals surface area contributed by atoms with Crippen molar-refractivity contribution < 1.29 is 4.79 Å². The first-order chi connectivity index (χ1) is 13.3. The number of likely N-dealkylation sites (N-methyl/N-ethyl adjacent to an activating group) is 1. The van der Waals surface area contributed by atoms with E-state index < -0.39 is 0 Å². The zero-order valence-corrected chi connectivity index (χ0v) is 17.4. The zero-order chi connectivity index (χ0) is 19.9. The number of benzene rings is 2. The van der Waals surface area contributed by atoms with E-state index in [0.717, 1.165) is 47.9 Å². The normalized spacial score (nSPS) is 21.1. The molecule has 1 atom stereocenters. The first-order valence-electron chi connectivity index (χ1n) is 9.79. The summed E-state index contributed by atoms with van der Waals surface area (Å²) in [5.41, 5.74) is 4.69. The van der Waals surface area contributed by atoms with Crippen LogP contribution in [0.15, 0.2) is 47.5 Å². The van der Waals surface area contributed by atoms with Crippen LogP contribution >= 0.6 is 11.6 Å². The van der Waals surface area contributed by atoms with Crippen molar-refractivity contribution in [2.45, 2.75) is 32.7 Å². The van der Waals surface area contributed by atoms with Crippen molar-refractivity contribution in [1.29, 1.82) is 0 Å². The first-order valence-corrected chi connectivity index (χ1v) is 10.2. The van der Waals surface area contributed by atoms with Gasteiger partial charge in [-0.25, -0.2) is 0 Å². The first kappa shape index (κ1) is 19.2. The summed E-state index contributed by atoms with van der Waals surface area (Å²) in [6, 6.07) is 13.9. The molecule has 4 nitrogen and oxygen atoms in total. The summed E-state index contributed by atoms with van der Waals surface area (Å²) in [7, 11) is 2.08. The third kappa shape index (κ3) is 3.85. The predicted octanol–water partition coefficient (Wildman–Crippen LogP) is 4.48. The van der Waals surface area contributed by atoms with Crippen LogP contribution in [-0.2, 0) is 6.42 Å². The fourth-order valence-corrected chi connectivity index (χ4v) is 4.42. The number of halogens is 1. The van der Waals surface area contributed by atoms with Gasteiger partial charge in [-0.1, -0.05) is 37.6 Å². The van der Waals surface area contributed by atoms with E-state index in [1.807, 2.05) is 42.5 Å². The number of carbonyl (C=O) groups excluding carboxylic acids is 1. The summed E-state index contributed by atoms with van der Waals surface area (Å²) >= 11 is 6.16. The zero-order valence-electron chi connectivity index (χ0n) is 16.6. The van der Waals surface area contributed by atoms with Crippen LogP contribution in [-0.4, -0.2) is 42.7 Å². The number of likely N-dealkylation sites (tertiary alicyclic amines) is 1. The number of rotatable bonds is 3. The lowest BCUT2D eigenvalue weighted by atomic mass is 9.76. The highest BCUT2D eigenvalue weighted by Gasteiger charge is 2.32. The van der Waals surface area contributed by atoms with E-state index in [1.165, 1.54) is 5.56 Å². The molecule has 1 fully saturated rings. The Hall–Kier alpha value is -2.17. The van der Waals surface area contributed by atoms with Gasteiger partial charge in [-0.3, -0.25) is 9.79 Å². The number of nitrogens with one attached hydrogen (secondary N) is 1. The topological polar surface area (TPSA) is 44.7 Å². The largest absolute Gasteiger partial charge is 0.348 e. The Balaban J connectivity index is 1.63. The number of hydrogen-bond acceptors (Lipinski definition) is 3. The van der Waals surface area contributed by atoms with E-state index >= 15 is 0 Å². The molecule has 0 aromatic heterocycles. The molecule has 2 heterocycles. The number of amides is 1. The Kier molecular flexibility index (Phi) is 5.02. The number of carbonyl (C=O) groups is 1. The Bertz CT molecular complexity index is 951. The highest BCUT2D eigenvalue weighted by Crippen LogP contribution is 2.39. The highest BCUT2D eigenvalue weighted by molar-refractivity contribution is 6.30. The van der Waals surface area contributed by atoms with Gasteiger partial charge in [0.25, 0.3) is 5.91 Å². The molecular formula is C23H26ClN3O. The number of hydrogen-bond donors (Lipinski definition) is 1. The second-order valence-electron chi connectivity index (χ2n) is 8.60. The molecule has 2 aromatic rings. The monoisotopic (exact) mass is 395 g/mol. The fourth-order valence-electron chi connectivity index (χ4n) is 4.22. The van der Waals surface area contributed by atoms with Gasteiger partial charge in [0.2, 0.25) is 0 Å². The van der Waals surface area contributed by atoms with Crippen molar-refractivity contribution in [3.8, 4) is 0 Å². The summed E-state index contributed by atoms with van der Waals surface area (Å²) in [6.45, 7) is 6.32. The van der Waals surface area contributed by atoms with Crippen LogP contribution in [0.1, 0.15) is 41.8 Å². The molecule has 1 amide bonds. The van der Waals surface area contributed by atoms with Gasteiger partial charge in [-0.2, -0.15) is 0 Å². The Labute approximate surface area is 171 Å². The maximum atomic E-state index is 12.8. The van der Waals surface area contributed by atoms with Crippen LogP contribution in [0.3, 0.4) is 0 Å². The molecule has 5 heteroatoms. The summed E-state index contributed by atoms with van der Waals surface area (Å²) in [6.07, 6.45) is 1.87. The summed E-state index contributed by atoms with van der Waals surface area (Å²) in [5, 5.41) is 3.90. The Morgan fingerprint density at radius 2 is 2.07 bits per heavy atom. The number of aliphatic imine (C=N–C) groups is 1. The molecule has 0 saturated carbocycles. The van der Waals surface area contributed by atoms with Gasteiger partial charge in [0, 0.05) is 28.6 Å². The van der Waals surface area contributed by atoms with Crippen LogP contribution in [0.5, 0.6) is 0 Å². The molecular weight excluding hydrogens is 370 g/mol. The molecule has 0 spiro atoms. The van der Waals surface area contributed by atoms with E-state index in [4.69, 9.17) is 16.6 Å². The van der Waals surface area contributed by atoms with E-state index in [2.05, 4.69) is 31.1 Å². The van der Waals surface area contributed by atoms with Crippen molar-refractivity contribution in [2.24, 2.45) is 10.4 Å². The minimum absolute atomic E-state index is 0.0106. The third-order valence-corrected chi connectivity index (χ3v) is 5.91. The second-order valence-corrected chi connectivity index (χ2v) is 9.03. The molecule has 2 aromatic carbocycles. The van der Waals surface area contributed by atoms with Gasteiger partial charge in [0.1, 0.15) is 0 Å². The number of nitrogens with zero attached hydrogens (tertiary/aromatic N) is 2. The average Bonchev–Trinajstić information content (AvgIpc) is 3.05. The van der Waals surface area contributed by atoms with Crippen molar-refractivity contribution in [1.82, 2.24) is 10.2 Å². The summed E-state index contributed by atoms with van der Waals surface area (Å²) < 4.78 is 0. The van der Waals surface area contributed by atoms with Crippen molar-refractivity contribution in [3.63, 3.8) is 0 Å². The van der Waals surface area contributed by atoms with E-state index in [1.54, 1.807) is 0 Å². The van der Waals surface area contributed by atoms with Crippen LogP contribution in [0, 0.1) is 5.41 Å². The Morgan fingerprint density at radius 3 is 2.82 bits per heavy atom. The molecule has 0 bridgehead atoms. The van der Waals surface area contributed by atoms with E-state index in [-0.39, 0.29) is 17.4 Å². The molecule has 0 aliphatic carbocycles. The van der Waals surface area contributed by atoms with Crippen molar-refractivity contribution in [2.75, 3.05) is 20.1 Å².